The van der Waals surface area contributed by atoms with Crippen LogP contribution in [0.5, 0.6) is 5.75 Å². The number of hydrogen-bond acceptors (Lipinski definition) is 2. The number of methoxy groups -OCH3 is 1. The molecule has 41 heavy (non-hydrogen) atoms. The van der Waals surface area contributed by atoms with Crippen molar-refractivity contribution in [2.24, 2.45) is 0 Å². The summed E-state index contributed by atoms with van der Waals surface area (Å²) in [5, 5.41) is 7.48. The Morgan fingerprint density at radius 3 is 1.76 bits per heavy atom. The van der Waals surface area contributed by atoms with E-state index in [0.29, 0.717) is 0 Å². The van der Waals surface area contributed by atoms with Gasteiger partial charge in [-0.05, 0) is 98.7 Å². The number of rotatable bonds is 6. The van der Waals surface area contributed by atoms with Crippen LogP contribution in [0.1, 0.15) is 11.1 Å². The van der Waals surface area contributed by atoms with Gasteiger partial charge >= 0.3 is 0 Å². The largest absolute Gasteiger partial charge is 0.497 e. The quantitative estimate of drug-likeness (QED) is 0.157. The van der Waals surface area contributed by atoms with Crippen molar-refractivity contribution < 1.29 is 4.74 Å². The van der Waals surface area contributed by atoms with E-state index in [-0.39, 0.29) is 0 Å². The second kappa shape index (κ2) is 10.7. The third-order valence-electron chi connectivity index (χ3n) is 7.69. The first-order chi connectivity index (χ1) is 20.2. The van der Waals surface area contributed by atoms with Crippen molar-refractivity contribution in [1.29, 1.82) is 0 Å². The first-order valence-corrected chi connectivity index (χ1v) is 13.9. The summed E-state index contributed by atoms with van der Waals surface area (Å²) < 4.78 is 5.43. The monoisotopic (exact) mass is 527 g/mol. The van der Waals surface area contributed by atoms with Gasteiger partial charge in [-0.25, -0.2) is 0 Å². The van der Waals surface area contributed by atoms with E-state index in [1.807, 2.05) is 12.1 Å². The number of nitrogens with zero attached hydrogens (tertiary/aromatic N) is 1. The molecule has 0 bridgehead atoms. The summed E-state index contributed by atoms with van der Waals surface area (Å²) in [7, 11) is 1.70. The van der Waals surface area contributed by atoms with Gasteiger partial charge in [-0.3, -0.25) is 0 Å². The second-order valence-corrected chi connectivity index (χ2v) is 10.3. The standard InChI is InChI=1S/C39H29NO/c1-41-37-23-21-36(22-24-37)40(39-12-6-10-30-7-4-5-11-38(30)39)35-19-16-28(17-20-35)13-14-29-15-18-33-26-31-8-2-3-9-32(31)27-34(33)25-29/h2-27H,1H3/b14-13+. The summed E-state index contributed by atoms with van der Waals surface area (Å²) in [6, 6.07) is 51.7. The molecule has 0 aliphatic rings. The minimum absolute atomic E-state index is 0.842. The van der Waals surface area contributed by atoms with Crippen molar-refractivity contribution in [3.8, 4) is 5.75 Å². The third-order valence-corrected chi connectivity index (χ3v) is 7.69. The molecule has 7 rings (SSSR count). The molecule has 2 nitrogen and oxygen atoms in total. The minimum Gasteiger partial charge on any atom is -0.497 e. The molecule has 0 N–H and O–H groups in total. The van der Waals surface area contributed by atoms with E-state index in [0.717, 1.165) is 28.4 Å². The maximum atomic E-state index is 5.43. The fourth-order valence-corrected chi connectivity index (χ4v) is 5.55. The van der Waals surface area contributed by atoms with Gasteiger partial charge in [0.05, 0.1) is 12.8 Å². The molecule has 0 saturated carbocycles. The zero-order valence-electron chi connectivity index (χ0n) is 22.9. The van der Waals surface area contributed by atoms with Crippen molar-refractivity contribution >= 4 is 61.5 Å². The summed E-state index contributed by atoms with van der Waals surface area (Å²) >= 11 is 0. The van der Waals surface area contributed by atoms with Crippen LogP contribution in [0.25, 0.3) is 44.5 Å². The first-order valence-electron chi connectivity index (χ1n) is 13.9. The second-order valence-electron chi connectivity index (χ2n) is 10.3. The van der Waals surface area contributed by atoms with E-state index in [1.54, 1.807) is 7.11 Å². The lowest BCUT2D eigenvalue weighted by Crippen LogP contribution is -2.10. The van der Waals surface area contributed by atoms with Gasteiger partial charge < -0.3 is 9.64 Å². The van der Waals surface area contributed by atoms with Crippen molar-refractivity contribution in [2.45, 2.75) is 0 Å². The highest BCUT2D eigenvalue weighted by atomic mass is 16.5. The lowest BCUT2D eigenvalue weighted by molar-refractivity contribution is 0.415. The van der Waals surface area contributed by atoms with E-state index in [9.17, 15) is 0 Å². The van der Waals surface area contributed by atoms with Gasteiger partial charge in [0.1, 0.15) is 5.75 Å². The molecule has 196 valence electrons. The fourth-order valence-electron chi connectivity index (χ4n) is 5.55. The third kappa shape index (κ3) is 4.92. The molecule has 0 atom stereocenters. The molecular formula is C39H29NO. The van der Waals surface area contributed by atoms with Gasteiger partial charge in [0, 0.05) is 16.8 Å². The molecule has 7 aromatic rings. The first kappa shape index (κ1) is 24.7. The molecule has 0 aromatic heterocycles. The molecule has 0 spiro atoms. The Bertz CT molecular complexity index is 2020. The summed E-state index contributed by atoms with van der Waals surface area (Å²) in [4.78, 5) is 2.31. The summed E-state index contributed by atoms with van der Waals surface area (Å²) in [6.07, 6.45) is 4.37. The molecule has 0 heterocycles. The molecule has 2 heteroatoms. The Kier molecular flexibility index (Phi) is 6.42. The van der Waals surface area contributed by atoms with Gasteiger partial charge in [0.2, 0.25) is 0 Å². The lowest BCUT2D eigenvalue weighted by atomic mass is 10.0. The maximum Gasteiger partial charge on any atom is 0.119 e. The molecule has 7 aromatic carbocycles. The molecule has 0 unspecified atom stereocenters. The average molecular weight is 528 g/mol. The number of anilines is 3. The number of ether oxygens (including phenoxy) is 1. The number of benzene rings is 7. The summed E-state index contributed by atoms with van der Waals surface area (Å²) in [5.74, 6) is 0.842. The topological polar surface area (TPSA) is 12.5 Å². The van der Waals surface area contributed by atoms with Crippen LogP contribution < -0.4 is 9.64 Å². The van der Waals surface area contributed by atoms with E-state index < -0.39 is 0 Å². The average Bonchev–Trinajstić information content (AvgIpc) is 3.04. The van der Waals surface area contributed by atoms with Gasteiger partial charge in [-0.2, -0.15) is 0 Å². The zero-order chi connectivity index (χ0) is 27.6. The van der Waals surface area contributed by atoms with Gasteiger partial charge in [-0.15, -0.1) is 0 Å². The molecular weight excluding hydrogens is 498 g/mol. The Hall–Kier alpha value is -5.34. The van der Waals surface area contributed by atoms with Crippen LogP contribution in [-0.4, -0.2) is 7.11 Å². The SMILES string of the molecule is COc1ccc(N(c2ccc(/C=C/c3ccc4cc5ccccc5cc4c3)cc2)c2cccc3ccccc23)cc1. The highest BCUT2D eigenvalue weighted by Gasteiger charge is 2.15. The fraction of sp³-hybridized carbons (Fsp3) is 0.0256. The predicted octanol–water partition coefficient (Wildman–Crippen LogP) is 10.8. The van der Waals surface area contributed by atoms with Gasteiger partial charge in [0.25, 0.3) is 0 Å². The highest BCUT2D eigenvalue weighted by molar-refractivity contribution is 6.00. The van der Waals surface area contributed by atoms with Crippen molar-refractivity contribution in [2.75, 3.05) is 12.0 Å². The summed E-state index contributed by atoms with van der Waals surface area (Å²) in [6.45, 7) is 0. The van der Waals surface area contributed by atoms with Gasteiger partial charge in [0.15, 0.2) is 0 Å². The van der Waals surface area contributed by atoms with Crippen molar-refractivity contribution in [3.05, 3.63) is 157 Å². The van der Waals surface area contributed by atoms with Gasteiger partial charge in [-0.1, -0.05) is 97.1 Å². The van der Waals surface area contributed by atoms with Crippen LogP contribution in [0.4, 0.5) is 17.1 Å². The van der Waals surface area contributed by atoms with E-state index in [4.69, 9.17) is 4.74 Å². The molecule has 0 saturated heterocycles. The molecule has 0 fully saturated rings. The zero-order valence-corrected chi connectivity index (χ0v) is 22.9. The van der Waals surface area contributed by atoms with E-state index in [2.05, 4.69) is 151 Å². The van der Waals surface area contributed by atoms with Crippen molar-refractivity contribution in [1.82, 2.24) is 0 Å². The maximum absolute atomic E-state index is 5.43. The Labute approximate surface area is 240 Å². The Balaban J connectivity index is 1.22. The normalized spacial score (nSPS) is 11.4. The number of fused-ring (bicyclic) bond motifs is 3. The minimum atomic E-state index is 0.842. The smallest absolute Gasteiger partial charge is 0.119 e. The van der Waals surface area contributed by atoms with Crippen LogP contribution >= 0.6 is 0 Å². The van der Waals surface area contributed by atoms with Crippen LogP contribution in [0.2, 0.25) is 0 Å². The highest BCUT2D eigenvalue weighted by Crippen LogP contribution is 2.39. The molecule has 0 radical (unpaired) electrons. The van der Waals surface area contributed by atoms with Crippen LogP contribution in [0, 0.1) is 0 Å². The van der Waals surface area contributed by atoms with Crippen molar-refractivity contribution in [3.63, 3.8) is 0 Å². The van der Waals surface area contributed by atoms with Crippen LogP contribution in [-0.2, 0) is 0 Å². The molecule has 0 aliphatic carbocycles. The van der Waals surface area contributed by atoms with E-state index >= 15 is 0 Å². The van der Waals surface area contributed by atoms with Crippen LogP contribution in [0.15, 0.2) is 146 Å². The Morgan fingerprint density at radius 2 is 1.02 bits per heavy atom. The lowest BCUT2D eigenvalue weighted by Gasteiger charge is -2.27. The number of hydrogen-bond donors (Lipinski definition) is 0. The van der Waals surface area contributed by atoms with Crippen LogP contribution in [0.3, 0.4) is 0 Å². The predicted molar refractivity (Wildman–Crippen MR) is 176 cm³/mol. The summed E-state index contributed by atoms with van der Waals surface area (Å²) in [5.41, 5.74) is 5.66. The van der Waals surface area contributed by atoms with E-state index in [1.165, 1.54) is 37.9 Å². The molecule has 0 amide bonds. The Morgan fingerprint density at radius 1 is 0.463 bits per heavy atom. The molecule has 0 aliphatic heterocycles.